The maximum absolute atomic E-state index is 13.0. The number of aliphatic hydroxyl groups excluding tert-OH is 7. The van der Waals surface area contributed by atoms with Gasteiger partial charge in [-0.05, 0) is 51.4 Å². The molecule has 0 amide bonds. The number of carbonyl (C=O) groups is 1. The fourth-order valence-corrected chi connectivity index (χ4v) is 8.82. The van der Waals surface area contributed by atoms with E-state index >= 15 is 0 Å². The maximum Gasteiger partial charge on any atom is 0.306 e. The molecule has 14 heteroatoms. The van der Waals surface area contributed by atoms with Gasteiger partial charge in [0.05, 0.1) is 26.4 Å². The Morgan fingerprint density at radius 1 is 0.471 bits per heavy atom. The zero-order valence-electron chi connectivity index (χ0n) is 43.8. The van der Waals surface area contributed by atoms with Crippen LogP contribution in [0.4, 0.5) is 0 Å². The van der Waals surface area contributed by atoms with E-state index in [1.807, 2.05) is 0 Å². The molecule has 0 aromatic carbocycles. The summed E-state index contributed by atoms with van der Waals surface area (Å²) in [6.07, 6.45) is 33.5. The molecule has 0 saturated carbocycles. The number of ether oxygens (including phenoxy) is 6. The summed E-state index contributed by atoms with van der Waals surface area (Å²) in [7, 11) is 0. The number of aliphatic hydroxyl groups is 7. The van der Waals surface area contributed by atoms with Crippen molar-refractivity contribution in [2.24, 2.45) is 0 Å². The van der Waals surface area contributed by atoms with Crippen LogP contribution in [0.2, 0.25) is 0 Å². The third-order valence-electron chi connectivity index (χ3n) is 13.4. The first-order valence-electron chi connectivity index (χ1n) is 28.1. The Hall–Kier alpha value is -1.79. The average Bonchev–Trinajstić information content (AvgIpc) is 3.36. The molecule has 70 heavy (non-hydrogen) atoms. The number of unbranched alkanes of at least 4 members (excludes halogenated alkanes) is 25. The second-order valence-electron chi connectivity index (χ2n) is 19.8. The van der Waals surface area contributed by atoms with Crippen LogP contribution in [0.25, 0.3) is 0 Å². The molecule has 0 aromatic heterocycles. The van der Waals surface area contributed by atoms with Crippen LogP contribution in [0.1, 0.15) is 213 Å². The van der Waals surface area contributed by atoms with Crippen LogP contribution in [-0.4, -0.2) is 142 Å². The fourth-order valence-electron chi connectivity index (χ4n) is 8.82. The molecule has 7 N–H and O–H groups in total. The highest BCUT2D eigenvalue weighted by atomic mass is 16.7. The zero-order chi connectivity index (χ0) is 50.9. The summed E-state index contributed by atoms with van der Waals surface area (Å²) in [4.78, 5) is 13.0. The molecular weight excluding hydrogens is 897 g/mol. The molecule has 11 atom stereocenters. The summed E-state index contributed by atoms with van der Waals surface area (Å²) in [6, 6.07) is 0. The van der Waals surface area contributed by atoms with Crippen molar-refractivity contribution in [1.29, 1.82) is 0 Å². The Bertz CT molecular complexity index is 1300. The normalized spacial score (nSPS) is 25.7. The molecule has 0 spiro atoms. The van der Waals surface area contributed by atoms with Gasteiger partial charge >= 0.3 is 5.97 Å². The van der Waals surface area contributed by atoms with E-state index in [0.29, 0.717) is 13.0 Å². The molecule has 2 fully saturated rings. The standard InChI is InChI=1S/C56H102O14/c1-3-5-7-9-11-13-15-17-18-19-20-21-22-23-24-25-26-27-28-30-32-34-36-38-40-65-42-45(68-48(58)39-37-35-33-31-29-16-14-12-10-8-6-4-2)43-66-55-54(64)52(62)50(60)47(70-55)44-67-56-53(63)51(61)49(59)46(41-57)69-56/h15,17,19-20,22-23,45-47,49-57,59-64H,3-14,16,18,21,24-44H2,1-2H3/b17-15-,20-19-,23-22-. The number of carbonyl (C=O) groups excluding carboxylic acids is 1. The predicted octanol–water partition coefficient (Wildman–Crippen LogP) is 9.36. The molecule has 11 unspecified atom stereocenters. The lowest BCUT2D eigenvalue weighted by atomic mass is 9.98. The summed E-state index contributed by atoms with van der Waals surface area (Å²) in [6.45, 7) is 3.68. The SMILES string of the molecule is CCCCCCC/C=C\C/C=C\C/C=C\CCCCCCCCCCCOCC(COC1OC(COC2OC(CO)C(O)C(O)C2O)C(O)C(O)C1O)OC(=O)CCCCCCCCCCCCCC. The minimum absolute atomic E-state index is 0.0602. The number of hydrogen-bond donors (Lipinski definition) is 7. The van der Waals surface area contributed by atoms with Crippen LogP contribution in [0.15, 0.2) is 36.5 Å². The van der Waals surface area contributed by atoms with E-state index in [0.717, 1.165) is 57.8 Å². The van der Waals surface area contributed by atoms with Gasteiger partial charge in [0.15, 0.2) is 12.6 Å². The summed E-state index contributed by atoms with van der Waals surface area (Å²) < 4.78 is 34.3. The largest absolute Gasteiger partial charge is 0.457 e. The molecule has 2 saturated heterocycles. The highest BCUT2D eigenvalue weighted by Crippen LogP contribution is 2.26. The van der Waals surface area contributed by atoms with Crippen molar-refractivity contribution in [2.45, 2.75) is 280 Å². The van der Waals surface area contributed by atoms with Crippen LogP contribution in [-0.2, 0) is 33.2 Å². The van der Waals surface area contributed by atoms with Crippen molar-refractivity contribution in [3.05, 3.63) is 36.5 Å². The molecule has 0 bridgehead atoms. The topological polar surface area (TPSA) is 214 Å². The molecule has 2 aliphatic rings. The molecule has 2 rings (SSSR count). The Balaban J connectivity index is 1.70. The highest BCUT2D eigenvalue weighted by Gasteiger charge is 2.47. The Morgan fingerprint density at radius 2 is 0.886 bits per heavy atom. The fraction of sp³-hybridized carbons (Fsp3) is 0.875. The van der Waals surface area contributed by atoms with Crippen LogP contribution < -0.4 is 0 Å². The summed E-state index contributed by atoms with van der Waals surface area (Å²) in [5, 5.41) is 72.2. The first-order chi connectivity index (χ1) is 34.1. The van der Waals surface area contributed by atoms with Gasteiger partial charge in [-0.3, -0.25) is 4.79 Å². The molecule has 2 aliphatic heterocycles. The number of esters is 1. The van der Waals surface area contributed by atoms with Gasteiger partial charge in [0.25, 0.3) is 0 Å². The quantitative estimate of drug-likeness (QED) is 0.0172. The molecule has 410 valence electrons. The van der Waals surface area contributed by atoms with Gasteiger partial charge in [-0.2, -0.15) is 0 Å². The van der Waals surface area contributed by atoms with Crippen molar-refractivity contribution < 1.29 is 69.0 Å². The Labute approximate surface area is 423 Å². The van der Waals surface area contributed by atoms with Gasteiger partial charge in [-0.25, -0.2) is 0 Å². The molecule has 2 heterocycles. The molecule has 14 nitrogen and oxygen atoms in total. The van der Waals surface area contributed by atoms with E-state index in [9.17, 15) is 40.5 Å². The summed E-state index contributed by atoms with van der Waals surface area (Å²) in [5.41, 5.74) is 0. The zero-order valence-corrected chi connectivity index (χ0v) is 43.8. The van der Waals surface area contributed by atoms with Crippen LogP contribution in [0.5, 0.6) is 0 Å². The Morgan fingerprint density at radius 3 is 1.39 bits per heavy atom. The van der Waals surface area contributed by atoms with Crippen molar-refractivity contribution in [3.63, 3.8) is 0 Å². The molecule has 0 aromatic rings. The van der Waals surface area contributed by atoms with Gasteiger partial charge in [0.2, 0.25) is 0 Å². The van der Waals surface area contributed by atoms with E-state index in [4.69, 9.17) is 28.4 Å². The second-order valence-corrected chi connectivity index (χ2v) is 19.8. The lowest BCUT2D eigenvalue weighted by Crippen LogP contribution is -2.61. The van der Waals surface area contributed by atoms with Crippen LogP contribution >= 0.6 is 0 Å². The first-order valence-corrected chi connectivity index (χ1v) is 28.1. The smallest absolute Gasteiger partial charge is 0.306 e. The van der Waals surface area contributed by atoms with Crippen molar-refractivity contribution in [3.8, 4) is 0 Å². The Kier molecular flexibility index (Phi) is 40.1. The van der Waals surface area contributed by atoms with Crippen molar-refractivity contribution in [1.82, 2.24) is 0 Å². The monoisotopic (exact) mass is 999 g/mol. The number of allylic oxidation sites excluding steroid dienone is 6. The van der Waals surface area contributed by atoms with Gasteiger partial charge in [-0.1, -0.05) is 192 Å². The lowest BCUT2D eigenvalue weighted by molar-refractivity contribution is -0.332. The summed E-state index contributed by atoms with van der Waals surface area (Å²) in [5.74, 6) is -0.377. The lowest BCUT2D eigenvalue weighted by Gasteiger charge is -2.42. The van der Waals surface area contributed by atoms with Crippen LogP contribution in [0.3, 0.4) is 0 Å². The minimum Gasteiger partial charge on any atom is -0.457 e. The van der Waals surface area contributed by atoms with E-state index in [1.54, 1.807) is 0 Å². The molecule has 0 aliphatic carbocycles. The highest BCUT2D eigenvalue weighted by molar-refractivity contribution is 5.69. The maximum atomic E-state index is 13.0. The van der Waals surface area contributed by atoms with Gasteiger partial charge < -0.3 is 64.2 Å². The van der Waals surface area contributed by atoms with Gasteiger partial charge in [0, 0.05) is 13.0 Å². The van der Waals surface area contributed by atoms with Crippen molar-refractivity contribution >= 4 is 5.97 Å². The summed E-state index contributed by atoms with van der Waals surface area (Å²) >= 11 is 0. The van der Waals surface area contributed by atoms with Gasteiger partial charge in [0.1, 0.15) is 54.9 Å². The molecule has 0 radical (unpaired) electrons. The number of hydrogen-bond acceptors (Lipinski definition) is 14. The molecular formula is C56H102O14. The van der Waals surface area contributed by atoms with E-state index in [1.165, 1.54) is 128 Å². The van der Waals surface area contributed by atoms with E-state index in [-0.39, 0.29) is 25.6 Å². The van der Waals surface area contributed by atoms with Crippen LogP contribution in [0, 0.1) is 0 Å². The minimum atomic E-state index is -1.71. The third-order valence-corrected chi connectivity index (χ3v) is 13.4. The first kappa shape index (κ1) is 64.3. The van der Waals surface area contributed by atoms with E-state index in [2.05, 4.69) is 50.3 Å². The average molecular weight is 999 g/mol. The van der Waals surface area contributed by atoms with E-state index < -0.39 is 80.7 Å². The second kappa shape index (κ2) is 43.6. The van der Waals surface area contributed by atoms with Gasteiger partial charge in [-0.15, -0.1) is 0 Å². The predicted molar refractivity (Wildman–Crippen MR) is 275 cm³/mol. The van der Waals surface area contributed by atoms with Crippen molar-refractivity contribution in [2.75, 3.05) is 33.0 Å². The third kappa shape index (κ3) is 30.4. The number of rotatable bonds is 45.